The summed E-state index contributed by atoms with van der Waals surface area (Å²) < 4.78 is 88.8. The third-order valence-corrected chi connectivity index (χ3v) is 9.34. The van der Waals surface area contributed by atoms with Crippen molar-refractivity contribution < 1.29 is 46.0 Å². The minimum atomic E-state index is -4.58. The van der Waals surface area contributed by atoms with E-state index in [2.05, 4.69) is 4.72 Å². The van der Waals surface area contributed by atoms with E-state index in [1.165, 1.54) is 42.5 Å². The van der Waals surface area contributed by atoms with Crippen LogP contribution in [0.4, 0.5) is 17.6 Å². The Labute approximate surface area is 246 Å². The summed E-state index contributed by atoms with van der Waals surface area (Å²) in [6.45, 7) is 0.00939. The third kappa shape index (κ3) is 7.36. The SMILES string of the molecule is O=S1(=O)NC[C@H](O)CN(Cc2ccc(F)cc2)CC2(COc3cc(-c4cccc(C(F)(F)F)c4)ccc31)C[C@@H](O)[C@@H](O)C2. The van der Waals surface area contributed by atoms with Crippen LogP contribution in [0.2, 0.25) is 0 Å². The summed E-state index contributed by atoms with van der Waals surface area (Å²) in [5, 5.41) is 31.9. The first-order chi connectivity index (χ1) is 20.2. The van der Waals surface area contributed by atoms with Gasteiger partial charge in [-0.25, -0.2) is 17.5 Å². The molecule has 4 N–H and O–H groups in total. The number of hydrogen-bond acceptors (Lipinski definition) is 7. The molecule has 0 amide bonds. The second kappa shape index (κ2) is 12.1. The predicted octanol–water partition coefficient (Wildman–Crippen LogP) is 3.55. The molecule has 1 fully saturated rings. The Kier molecular flexibility index (Phi) is 8.85. The van der Waals surface area contributed by atoms with Gasteiger partial charge in [-0.15, -0.1) is 0 Å². The number of halogens is 4. The molecule has 2 aliphatic rings. The van der Waals surface area contributed by atoms with E-state index in [1.807, 2.05) is 4.90 Å². The Morgan fingerprint density at radius 1 is 0.953 bits per heavy atom. The Balaban J connectivity index is 1.53. The maximum absolute atomic E-state index is 13.5. The Morgan fingerprint density at radius 2 is 1.63 bits per heavy atom. The van der Waals surface area contributed by atoms with Crippen LogP contribution in [-0.4, -0.2) is 73.2 Å². The summed E-state index contributed by atoms with van der Waals surface area (Å²) in [5.74, 6) is -0.542. The first-order valence-corrected chi connectivity index (χ1v) is 15.2. The van der Waals surface area contributed by atoms with Gasteiger partial charge in [-0.2, -0.15) is 13.2 Å². The van der Waals surface area contributed by atoms with Crippen LogP contribution in [0.5, 0.6) is 5.75 Å². The van der Waals surface area contributed by atoms with Gasteiger partial charge >= 0.3 is 6.18 Å². The number of rotatable bonds is 3. The summed E-state index contributed by atoms with van der Waals surface area (Å²) >= 11 is 0. The molecule has 43 heavy (non-hydrogen) atoms. The van der Waals surface area contributed by atoms with Crippen molar-refractivity contribution >= 4 is 10.0 Å². The van der Waals surface area contributed by atoms with E-state index >= 15 is 0 Å². The van der Waals surface area contributed by atoms with Gasteiger partial charge in [0.05, 0.1) is 30.5 Å². The van der Waals surface area contributed by atoms with Gasteiger partial charge in [0.15, 0.2) is 0 Å². The van der Waals surface area contributed by atoms with E-state index in [0.717, 1.165) is 17.7 Å². The van der Waals surface area contributed by atoms with Crippen LogP contribution in [0.1, 0.15) is 24.0 Å². The molecular formula is C30H32F4N2O6S. The van der Waals surface area contributed by atoms with E-state index < -0.39 is 51.3 Å². The van der Waals surface area contributed by atoms with E-state index in [-0.39, 0.29) is 67.4 Å². The number of aliphatic hydroxyl groups is 3. The molecule has 1 unspecified atom stereocenters. The van der Waals surface area contributed by atoms with Crippen molar-refractivity contribution in [3.05, 3.63) is 83.7 Å². The highest BCUT2D eigenvalue weighted by Crippen LogP contribution is 2.42. The molecule has 1 saturated carbocycles. The number of alkyl halides is 3. The van der Waals surface area contributed by atoms with E-state index in [9.17, 15) is 41.3 Å². The monoisotopic (exact) mass is 624 g/mol. The maximum atomic E-state index is 13.5. The van der Waals surface area contributed by atoms with Gasteiger partial charge in [0.1, 0.15) is 16.5 Å². The summed E-state index contributed by atoms with van der Waals surface area (Å²) in [5.41, 5.74) is -0.549. The average molecular weight is 625 g/mol. The van der Waals surface area contributed by atoms with Gasteiger partial charge < -0.3 is 20.1 Å². The number of fused-ring (bicyclic) bond motifs is 1. The molecule has 1 heterocycles. The zero-order valence-corrected chi connectivity index (χ0v) is 23.8. The molecule has 3 aromatic rings. The maximum Gasteiger partial charge on any atom is 0.416 e. The number of ether oxygens (including phenoxy) is 1. The third-order valence-electron chi connectivity index (χ3n) is 7.88. The molecular weight excluding hydrogens is 592 g/mol. The number of nitrogens with one attached hydrogen (secondary N) is 1. The highest BCUT2D eigenvalue weighted by Gasteiger charge is 2.46. The molecule has 0 saturated heterocycles. The van der Waals surface area contributed by atoms with E-state index in [1.54, 1.807) is 12.1 Å². The normalized spacial score (nSPS) is 26.7. The van der Waals surface area contributed by atoms with Gasteiger partial charge in [-0.05, 0) is 65.9 Å². The molecule has 0 radical (unpaired) electrons. The van der Waals surface area contributed by atoms with Crippen molar-refractivity contribution in [2.75, 3.05) is 26.2 Å². The lowest BCUT2D eigenvalue weighted by Gasteiger charge is -2.37. The predicted molar refractivity (Wildman–Crippen MR) is 149 cm³/mol. The lowest BCUT2D eigenvalue weighted by molar-refractivity contribution is -0.137. The van der Waals surface area contributed by atoms with Crippen LogP contribution >= 0.6 is 0 Å². The topological polar surface area (TPSA) is 119 Å². The lowest BCUT2D eigenvalue weighted by atomic mass is 9.85. The number of β-amino-alcohol motifs (C(OH)–C–C–N with tert-alkyl or cyclic N) is 1. The molecule has 1 aliphatic carbocycles. The first kappa shape index (κ1) is 31.4. The minimum Gasteiger partial charge on any atom is -0.492 e. The number of aliphatic hydroxyl groups excluding tert-OH is 3. The van der Waals surface area contributed by atoms with Gasteiger partial charge in [0.25, 0.3) is 0 Å². The molecule has 3 aromatic carbocycles. The Morgan fingerprint density at radius 3 is 2.30 bits per heavy atom. The van der Waals surface area contributed by atoms with E-state index in [0.29, 0.717) is 0 Å². The van der Waals surface area contributed by atoms with Crippen LogP contribution in [0, 0.1) is 11.2 Å². The van der Waals surface area contributed by atoms with Crippen molar-refractivity contribution in [1.29, 1.82) is 0 Å². The summed E-state index contributed by atoms with van der Waals surface area (Å²) in [4.78, 5) is 1.57. The van der Waals surface area contributed by atoms with Crippen LogP contribution < -0.4 is 9.46 Å². The van der Waals surface area contributed by atoms with E-state index in [4.69, 9.17) is 4.74 Å². The lowest BCUT2D eigenvalue weighted by Crippen LogP contribution is -2.46. The van der Waals surface area contributed by atoms with Crippen LogP contribution in [0.15, 0.2) is 71.6 Å². The summed E-state index contributed by atoms with van der Waals surface area (Å²) in [6.07, 6.45) is -7.66. The number of nitrogens with zero attached hydrogens (tertiary/aromatic N) is 1. The van der Waals surface area contributed by atoms with Gasteiger partial charge in [0.2, 0.25) is 10.0 Å². The van der Waals surface area contributed by atoms with Gasteiger partial charge in [0, 0.05) is 31.6 Å². The first-order valence-electron chi connectivity index (χ1n) is 13.7. The molecule has 0 aromatic heterocycles. The fourth-order valence-corrected chi connectivity index (χ4v) is 7.01. The fourth-order valence-electron chi connectivity index (χ4n) is 5.82. The van der Waals surface area contributed by atoms with Crippen LogP contribution in [0.3, 0.4) is 0 Å². The average Bonchev–Trinajstić information content (AvgIpc) is 3.23. The van der Waals surface area contributed by atoms with Crippen molar-refractivity contribution in [3.63, 3.8) is 0 Å². The van der Waals surface area contributed by atoms with Crippen molar-refractivity contribution in [2.24, 2.45) is 5.41 Å². The van der Waals surface area contributed by atoms with Crippen LogP contribution in [-0.2, 0) is 22.7 Å². The largest absolute Gasteiger partial charge is 0.492 e. The highest BCUT2D eigenvalue weighted by atomic mass is 32.2. The van der Waals surface area contributed by atoms with Crippen molar-refractivity contribution in [2.45, 2.75) is 48.8 Å². The molecule has 0 bridgehead atoms. The number of hydrogen-bond donors (Lipinski definition) is 4. The zero-order valence-electron chi connectivity index (χ0n) is 23.0. The fraction of sp³-hybridized carbons (Fsp3) is 0.400. The van der Waals surface area contributed by atoms with Gasteiger partial charge in [-0.3, -0.25) is 4.90 Å². The molecule has 1 spiro atoms. The summed E-state index contributed by atoms with van der Waals surface area (Å²) in [7, 11) is -4.24. The van der Waals surface area contributed by atoms with Crippen molar-refractivity contribution in [3.8, 4) is 16.9 Å². The molecule has 5 rings (SSSR count). The second-order valence-corrected chi connectivity index (χ2v) is 13.1. The molecule has 13 heteroatoms. The second-order valence-electron chi connectivity index (χ2n) is 11.4. The Bertz CT molecular complexity index is 1540. The Hall–Kier alpha value is -3.07. The molecule has 232 valence electrons. The quantitative estimate of drug-likeness (QED) is 0.329. The molecule has 1 aliphatic heterocycles. The van der Waals surface area contributed by atoms with Crippen LogP contribution in [0.25, 0.3) is 11.1 Å². The molecule has 4 atom stereocenters. The van der Waals surface area contributed by atoms with Crippen molar-refractivity contribution in [1.82, 2.24) is 9.62 Å². The smallest absolute Gasteiger partial charge is 0.416 e. The standard InChI is InChI=1S/C30H32F4N2O6S/c31-23-7-4-19(5-8-23)15-36-16-24(37)14-35-43(40,41)28-9-6-21(20-2-1-3-22(10-20)30(32,33)34)11-27(28)42-18-29(17-36)12-25(38)26(39)13-29/h1-11,24-26,35,37-39H,12-18H2/t24-,25-,26+,29?/m0/s1. The zero-order chi connectivity index (χ0) is 31.0. The number of benzene rings is 3. The minimum absolute atomic E-state index is 0.0230. The highest BCUT2D eigenvalue weighted by molar-refractivity contribution is 7.89. The summed E-state index contributed by atoms with van der Waals surface area (Å²) in [6, 6.07) is 14.4. The van der Waals surface area contributed by atoms with Gasteiger partial charge in [-0.1, -0.05) is 30.3 Å². The number of sulfonamides is 1. The molecule has 8 nitrogen and oxygen atoms in total.